The van der Waals surface area contributed by atoms with Crippen molar-refractivity contribution in [2.75, 3.05) is 26.2 Å². The number of rotatable bonds is 4. The van der Waals surface area contributed by atoms with E-state index in [1.807, 2.05) is 33.7 Å². The average Bonchev–Trinajstić information content (AvgIpc) is 3.12. The van der Waals surface area contributed by atoms with E-state index in [0.29, 0.717) is 24.6 Å². The minimum Gasteiger partial charge on any atom is -0.341 e. The minimum atomic E-state index is -0.473. The van der Waals surface area contributed by atoms with E-state index in [1.165, 1.54) is 6.42 Å². The lowest BCUT2D eigenvalue weighted by Gasteiger charge is -2.30. The second-order valence-electron chi connectivity index (χ2n) is 8.46. The number of Topliss-reactive ketones (excluding diaryl/α,β-unsaturated/α-hetero) is 1. The number of hydrogen-bond acceptors (Lipinski definition) is 3. The van der Waals surface area contributed by atoms with Crippen LogP contribution in [0.4, 0.5) is 0 Å². The van der Waals surface area contributed by atoms with Crippen molar-refractivity contribution in [1.29, 1.82) is 0 Å². The van der Waals surface area contributed by atoms with Gasteiger partial charge in [0.1, 0.15) is 6.54 Å². The third kappa shape index (κ3) is 4.07. The summed E-state index contributed by atoms with van der Waals surface area (Å²) in [6.45, 7) is 5.19. The van der Waals surface area contributed by atoms with Gasteiger partial charge in [-0.3, -0.25) is 14.4 Å². The van der Waals surface area contributed by atoms with E-state index < -0.39 is 11.7 Å². The standard InChI is InChI=1S/C23H29N3O3/c1-17-8-7-13-25(14-17)23(29)22(28)19-15-26(20-10-4-3-9-18(19)20)16-21(27)24-11-5-2-6-12-24/h3-4,9-10,15,17H,2,5-8,11-14,16H2,1H3. The Morgan fingerprint density at radius 2 is 1.69 bits per heavy atom. The molecule has 2 aliphatic heterocycles. The van der Waals surface area contributed by atoms with Crippen molar-refractivity contribution in [2.45, 2.75) is 45.6 Å². The molecule has 0 spiro atoms. The first-order valence-corrected chi connectivity index (χ1v) is 10.7. The number of benzene rings is 1. The molecule has 0 N–H and O–H groups in total. The maximum absolute atomic E-state index is 13.1. The highest BCUT2D eigenvalue weighted by atomic mass is 16.2. The first kappa shape index (κ1) is 19.7. The highest BCUT2D eigenvalue weighted by molar-refractivity contribution is 6.44. The Hall–Kier alpha value is -2.63. The van der Waals surface area contributed by atoms with Gasteiger partial charge in [0.25, 0.3) is 11.7 Å². The number of piperidine rings is 2. The number of fused-ring (bicyclic) bond motifs is 1. The zero-order chi connectivity index (χ0) is 20.4. The molecule has 6 nitrogen and oxygen atoms in total. The van der Waals surface area contributed by atoms with Crippen LogP contribution in [0, 0.1) is 5.92 Å². The molecule has 1 unspecified atom stereocenters. The summed E-state index contributed by atoms with van der Waals surface area (Å²) in [5.41, 5.74) is 1.22. The fourth-order valence-electron chi connectivity index (χ4n) is 4.58. The van der Waals surface area contributed by atoms with E-state index in [1.54, 1.807) is 11.1 Å². The number of nitrogens with zero attached hydrogens (tertiary/aromatic N) is 3. The molecule has 1 atom stereocenters. The van der Waals surface area contributed by atoms with Gasteiger partial charge in [0.05, 0.1) is 5.56 Å². The highest BCUT2D eigenvalue weighted by Crippen LogP contribution is 2.24. The monoisotopic (exact) mass is 395 g/mol. The summed E-state index contributed by atoms with van der Waals surface area (Å²) < 4.78 is 1.83. The van der Waals surface area contributed by atoms with E-state index in [-0.39, 0.29) is 12.5 Å². The Labute approximate surface area is 171 Å². The van der Waals surface area contributed by atoms with Crippen LogP contribution in [0.2, 0.25) is 0 Å². The predicted molar refractivity (Wildman–Crippen MR) is 112 cm³/mol. The minimum absolute atomic E-state index is 0.0700. The average molecular weight is 396 g/mol. The van der Waals surface area contributed by atoms with Gasteiger partial charge < -0.3 is 14.4 Å². The van der Waals surface area contributed by atoms with Crippen molar-refractivity contribution < 1.29 is 14.4 Å². The summed E-state index contributed by atoms with van der Waals surface area (Å²) in [7, 11) is 0. The van der Waals surface area contributed by atoms with Gasteiger partial charge in [0.2, 0.25) is 5.91 Å². The molecule has 154 valence electrons. The van der Waals surface area contributed by atoms with Gasteiger partial charge >= 0.3 is 0 Å². The Balaban J connectivity index is 1.59. The van der Waals surface area contributed by atoms with Gasteiger partial charge in [-0.25, -0.2) is 0 Å². The largest absolute Gasteiger partial charge is 0.341 e. The predicted octanol–water partition coefficient (Wildman–Crippen LogP) is 3.10. The van der Waals surface area contributed by atoms with Crippen LogP contribution in [0.25, 0.3) is 10.9 Å². The Kier molecular flexibility index (Phi) is 5.69. The Bertz CT molecular complexity index is 927. The van der Waals surface area contributed by atoms with Crippen LogP contribution in [0.3, 0.4) is 0 Å². The smallest absolute Gasteiger partial charge is 0.295 e. The zero-order valence-electron chi connectivity index (χ0n) is 17.1. The van der Waals surface area contributed by atoms with E-state index in [9.17, 15) is 14.4 Å². The first-order chi connectivity index (χ1) is 14.0. The lowest BCUT2D eigenvalue weighted by molar-refractivity contribution is -0.132. The number of hydrogen-bond donors (Lipinski definition) is 0. The first-order valence-electron chi connectivity index (χ1n) is 10.7. The molecule has 0 aliphatic carbocycles. The SMILES string of the molecule is CC1CCCN(C(=O)C(=O)c2cn(CC(=O)N3CCCCC3)c3ccccc23)C1. The molecular formula is C23H29N3O3. The van der Waals surface area contributed by atoms with Crippen molar-refractivity contribution in [3.05, 3.63) is 36.0 Å². The number of ketones is 1. The van der Waals surface area contributed by atoms with Crippen molar-refractivity contribution in [2.24, 2.45) is 5.92 Å². The van der Waals surface area contributed by atoms with E-state index in [4.69, 9.17) is 0 Å². The zero-order valence-corrected chi connectivity index (χ0v) is 17.1. The molecule has 2 saturated heterocycles. The van der Waals surface area contributed by atoms with E-state index in [0.717, 1.165) is 49.7 Å². The molecule has 3 heterocycles. The number of amides is 2. The topological polar surface area (TPSA) is 62.6 Å². The molecular weight excluding hydrogens is 366 g/mol. The second kappa shape index (κ2) is 8.39. The van der Waals surface area contributed by atoms with Crippen molar-refractivity contribution in [1.82, 2.24) is 14.4 Å². The summed E-state index contributed by atoms with van der Waals surface area (Å²) in [4.78, 5) is 42.3. The van der Waals surface area contributed by atoms with Gasteiger partial charge in [-0.1, -0.05) is 25.1 Å². The van der Waals surface area contributed by atoms with E-state index >= 15 is 0 Å². The summed E-state index contributed by atoms with van der Waals surface area (Å²) in [6, 6.07) is 7.52. The number of likely N-dealkylation sites (tertiary alicyclic amines) is 2. The quantitative estimate of drug-likeness (QED) is 0.590. The van der Waals surface area contributed by atoms with Crippen LogP contribution >= 0.6 is 0 Å². The number of carbonyl (C=O) groups is 3. The fourth-order valence-corrected chi connectivity index (χ4v) is 4.58. The van der Waals surface area contributed by atoms with Gasteiger partial charge in [-0.2, -0.15) is 0 Å². The molecule has 2 fully saturated rings. The lowest BCUT2D eigenvalue weighted by atomic mass is 9.99. The number of aromatic nitrogens is 1. The molecule has 2 aliphatic rings. The normalized spacial score (nSPS) is 20.1. The van der Waals surface area contributed by atoms with Gasteiger partial charge in [-0.15, -0.1) is 0 Å². The molecule has 0 saturated carbocycles. The van der Waals surface area contributed by atoms with Gasteiger partial charge in [0, 0.05) is 43.3 Å². The van der Waals surface area contributed by atoms with Crippen LogP contribution in [0.15, 0.2) is 30.5 Å². The third-order valence-corrected chi connectivity index (χ3v) is 6.19. The second-order valence-corrected chi connectivity index (χ2v) is 8.46. The van der Waals surface area contributed by atoms with Crippen LogP contribution in [-0.2, 0) is 16.1 Å². The Morgan fingerprint density at radius 3 is 2.45 bits per heavy atom. The molecule has 2 amide bonds. The highest BCUT2D eigenvalue weighted by Gasteiger charge is 2.29. The summed E-state index contributed by atoms with van der Waals surface area (Å²) >= 11 is 0. The molecule has 4 rings (SSSR count). The fraction of sp³-hybridized carbons (Fsp3) is 0.522. The molecule has 0 bridgehead atoms. The molecule has 6 heteroatoms. The lowest BCUT2D eigenvalue weighted by Crippen LogP contribution is -2.42. The van der Waals surface area contributed by atoms with Crippen LogP contribution < -0.4 is 0 Å². The van der Waals surface area contributed by atoms with Crippen molar-refractivity contribution in [3.8, 4) is 0 Å². The summed E-state index contributed by atoms with van der Waals surface area (Å²) in [5, 5.41) is 0.738. The summed E-state index contributed by atoms with van der Waals surface area (Å²) in [6.07, 6.45) is 6.99. The molecule has 29 heavy (non-hydrogen) atoms. The number of para-hydroxylation sites is 1. The number of carbonyl (C=O) groups excluding carboxylic acids is 3. The Morgan fingerprint density at radius 1 is 0.966 bits per heavy atom. The third-order valence-electron chi connectivity index (χ3n) is 6.19. The molecule has 2 aromatic rings. The molecule has 0 radical (unpaired) electrons. The van der Waals surface area contributed by atoms with Crippen LogP contribution in [0.1, 0.15) is 49.4 Å². The summed E-state index contributed by atoms with van der Waals surface area (Å²) in [5.74, 6) is -0.411. The maximum Gasteiger partial charge on any atom is 0.295 e. The van der Waals surface area contributed by atoms with Crippen molar-refractivity contribution >= 4 is 28.5 Å². The van der Waals surface area contributed by atoms with Crippen LogP contribution in [-0.4, -0.2) is 58.1 Å². The van der Waals surface area contributed by atoms with Gasteiger partial charge in [0.15, 0.2) is 0 Å². The van der Waals surface area contributed by atoms with Gasteiger partial charge in [-0.05, 0) is 44.1 Å². The molecule has 1 aromatic heterocycles. The van der Waals surface area contributed by atoms with Crippen LogP contribution in [0.5, 0.6) is 0 Å². The maximum atomic E-state index is 13.1. The molecule has 1 aromatic carbocycles. The van der Waals surface area contributed by atoms with E-state index in [2.05, 4.69) is 6.92 Å². The van der Waals surface area contributed by atoms with Crippen molar-refractivity contribution in [3.63, 3.8) is 0 Å².